The smallest absolute Gasteiger partial charge is 0.0994 e. The quantitative estimate of drug-likeness (QED) is 0.732. The first-order chi connectivity index (χ1) is 6.74. The molecular formula is C12H15NO. The molecule has 2 heteroatoms. The van der Waals surface area contributed by atoms with Gasteiger partial charge in [0.2, 0.25) is 0 Å². The molecule has 0 aliphatic carbocycles. The summed E-state index contributed by atoms with van der Waals surface area (Å²) in [5.74, 6) is 0. The lowest BCUT2D eigenvalue weighted by molar-refractivity contribution is 0.119. The maximum absolute atomic E-state index is 8.94. The van der Waals surface area contributed by atoms with Crippen LogP contribution in [0.4, 0.5) is 0 Å². The molecule has 1 aromatic carbocycles. The Kier molecular flexibility index (Phi) is 3.67. The van der Waals surface area contributed by atoms with Crippen molar-refractivity contribution in [3.05, 3.63) is 34.9 Å². The molecule has 0 aliphatic heterocycles. The van der Waals surface area contributed by atoms with E-state index in [4.69, 9.17) is 10.00 Å². The first-order valence-corrected chi connectivity index (χ1v) is 4.79. The summed E-state index contributed by atoms with van der Waals surface area (Å²) in [5, 5.41) is 8.94. The molecule has 0 N–H and O–H groups in total. The highest BCUT2D eigenvalue weighted by Crippen LogP contribution is 2.23. The number of nitrogens with zero attached hydrogens (tertiary/aromatic N) is 1. The van der Waals surface area contributed by atoms with Crippen LogP contribution in [0.2, 0.25) is 0 Å². The molecule has 0 saturated heterocycles. The Morgan fingerprint density at radius 2 is 2.21 bits per heavy atom. The van der Waals surface area contributed by atoms with Crippen molar-refractivity contribution in [2.45, 2.75) is 26.4 Å². The standard InChI is InChI=1S/C12H15NO/c1-4-11-10(8-13)6-5-7-12(11)9(2)14-3/h5-7,9H,4H2,1-3H3. The summed E-state index contributed by atoms with van der Waals surface area (Å²) in [5.41, 5.74) is 2.98. The third-order valence-electron chi connectivity index (χ3n) is 2.48. The minimum Gasteiger partial charge on any atom is -0.377 e. The van der Waals surface area contributed by atoms with E-state index in [1.807, 2.05) is 25.1 Å². The van der Waals surface area contributed by atoms with Crippen molar-refractivity contribution in [2.24, 2.45) is 0 Å². The van der Waals surface area contributed by atoms with Gasteiger partial charge in [-0.3, -0.25) is 0 Å². The van der Waals surface area contributed by atoms with Crippen LogP contribution in [0.5, 0.6) is 0 Å². The summed E-state index contributed by atoms with van der Waals surface area (Å²) >= 11 is 0. The Morgan fingerprint density at radius 3 is 2.71 bits per heavy atom. The highest BCUT2D eigenvalue weighted by molar-refractivity contribution is 5.43. The number of hydrogen-bond donors (Lipinski definition) is 0. The zero-order chi connectivity index (χ0) is 10.6. The maximum atomic E-state index is 8.94. The molecule has 14 heavy (non-hydrogen) atoms. The molecule has 0 spiro atoms. The van der Waals surface area contributed by atoms with E-state index in [9.17, 15) is 0 Å². The van der Waals surface area contributed by atoms with Crippen molar-refractivity contribution in [1.82, 2.24) is 0 Å². The van der Waals surface area contributed by atoms with E-state index >= 15 is 0 Å². The topological polar surface area (TPSA) is 33.0 Å². The van der Waals surface area contributed by atoms with E-state index in [2.05, 4.69) is 13.0 Å². The van der Waals surface area contributed by atoms with Crippen LogP contribution in [0, 0.1) is 11.3 Å². The fourth-order valence-corrected chi connectivity index (χ4v) is 1.61. The van der Waals surface area contributed by atoms with Gasteiger partial charge in [-0.1, -0.05) is 19.1 Å². The zero-order valence-corrected chi connectivity index (χ0v) is 8.87. The lowest BCUT2D eigenvalue weighted by Gasteiger charge is -2.15. The van der Waals surface area contributed by atoms with Gasteiger partial charge < -0.3 is 4.74 Å². The third kappa shape index (κ3) is 1.94. The van der Waals surface area contributed by atoms with E-state index < -0.39 is 0 Å². The van der Waals surface area contributed by atoms with Gasteiger partial charge in [0.1, 0.15) is 0 Å². The molecule has 0 amide bonds. The Bertz CT molecular complexity index is 352. The van der Waals surface area contributed by atoms with Gasteiger partial charge >= 0.3 is 0 Å². The summed E-state index contributed by atoms with van der Waals surface area (Å²) in [6.07, 6.45) is 0.922. The lowest BCUT2D eigenvalue weighted by atomic mass is 9.96. The van der Waals surface area contributed by atoms with Crippen LogP contribution >= 0.6 is 0 Å². The van der Waals surface area contributed by atoms with Crippen molar-refractivity contribution < 1.29 is 4.74 Å². The molecule has 0 aliphatic rings. The summed E-state index contributed by atoms with van der Waals surface area (Å²) in [7, 11) is 1.68. The average molecular weight is 189 g/mol. The second kappa shape index (κ2) is 4.78. The highest BCUT2D eigenvalue weighted by Gasteiger charge is 2.11. The normalized spacial score (nSPS) is 12.1. The Morgan fingerprint density at radius 1 is 1.50 bits per heavy atom. The zero-order valence-electron chi connectivity index (χ0n) is 8.87. The summed E-state index contributed by atoms with van der Waals surface area (Å²) in [6, 6.07) is 7.99. The predicted molar refractivity (Wildman–Crippen MR) is 56.0 cm³/mol. The molecule has 0 bridgehead atoms. The van der Waals surface area contributed by atoms with Crippen LogP contribution in [0.3, 0.4) is 0 Å². The van der Waals surface area contributed by atoms with Crippen LogP contribution in [0.25, 0.3) is 0 Å². The second-order valence-corrected chi connectivity index (χ2v) is 3.22. The van der Waals surface area contributed by atoms with Crippen molar-refractivity contribution >= 4 is 0 Å². The SMILES string of the molecule is CCc1c(C#N)cccc1C(C)OC. The largest absolute Gasteiger partial charge is 0.377 e. The number of nitriles is 1. The van der Waals surface area contributed by atoms with Crippen molar-refractivity contribution in [3.63, 3.8) is 0 Å². The van der Waals surface area contributed by atoms with Gasteiger partial charge in [-0.15, -0.1) is 0 Å². The number of benzene rings is 1. The first kappa shape index (κ1) is 10.7. The van der Waals surface area contributed by atoms with Gasteiger partial charge in [0.15, 0.2) is 0 Å². The molecule has 0 aromatic heterocycles. The Labute approximate surface area is 85.1 Å². The molecule has 0 saturated carbocycles. The average Bonchev–Trinajstić information content (AvgIpc) is 2.26. The van der Waals surface area contributed by atoms with Crippen molar-refractivity contribution in [1.29, 1.82) is 5.26 Å². The second-order valence-electron chi connectivity index (χ2n) is 3.22. The van der Waals surface area contributed by atoms with E-state index in [-0.39, 0.29) is 6.10 Å². The monoisotopic (exact) mass is 189 g/mol. The molecule has 0 fully saturated rings. The molecule has 1 atom stereocenters. The van der Waals surface area contributed by atoms with Crippen LogP contribution in [-0.2, 0) is 11.2 Å². The van der Waals surface area contributed by atoms with Gasteiger partial charge in [0.05, 0.1) is 17.7 Å². The molecule has 1 rings (SSSR count). The third-order valence-corrected chi connectivity index (χ3v) is 2.48. The summed E-state index contributed by atoms with van der Waals surface area (Å²) < 4.78 is 5.27. The maximum Gasteiger partial charge on any atom is 0.0994 e. The molecule has 2 nitrogen and oxygen atoms in total. The molecule has 1 aromatic rings. The van der Waals surface area contributed by atoms with Gasteiger partial charge in [-0.25, -0.2) is 0 Å². The van der Waals surface area contributed by atoms with E-state index in [0.717, 1.165) is 23.1 Å². The minimum atomic E-state index is 0.0539. The molecule has 0 radical (unpaired) electrons. The fraction of sp³-hybridized carbons (Fsp3) is 0.417. The first-order valence-electron chi connectivity index (χ1n) is 4.79. The fourth-order valence-electron chi connectivity index (χ4n) is 1.61. The Balaban J connectivity index is 3.23. The van der Waals surface area contributed by atoms with Crippen LogP contribution in [-0.4, -0.2) is 7.11 Å². The molecule has 74 valence electrons. The van der Waals surface area contributed by atoms with E-state index in [1.165, 1.54) is 0 Å². The van der Waals surface area contributed by atoms with Crippen molar-refractivity contribution in [2.75, 3.05) is 7.11 Å². The number of rotatable bonds is 3. The lowest BCUT2D eigenvalue weighted by Crippen LogP contribution is -2.02. The number of hydrogen-bond acceptors (Lipinski definition) is 2. The van der Waals surface area contributed by atoms with E-state index in [0.29, 0.717) is 0 Å². The van der Waals surface area contributed by atoms with Crippen LogP contribution < -0.4 is 0 Å². The van der Waals surface area contributed by atoms with Gasteiger partial charge in [0, 0.05) is 7.11 Å². The summed E-state index contributed by atoms with van der Waals surface area (Å²) in [6.45, 7) is 4.05. The van der Waals surface area contributed by atoms with Crippen molar-refractivity contribution in [3.8, 4) is 6.07 Å². The minimum absolute atomic E-state index is 0.0539. The van der Waals surface area contributed by atoms with E-state index in [1.54, 1.807) is 7.11 Å². The van der Waals surface area contributed by atoms with Crippen LogP contribution in [0.15, 0.2) is 18.2 Å². The molecule has 0 heterocycles. The summed E-state index contributed by atoms with van der Waals surface area (Å²) in [4.78, 5) is 0. The van der Waals surface area contributed by atoms with Crippen LogP contribution in [0.1, 0.15) is 36.6 Å². The Hall–Kier alpha value is -1.33. The predicted octanol–water partition coefficient (Wildman–Crippen LogP) is 2.83. The van der Waals surface area contributed by atoms with Gasteiger partial charge in [0.25, 0.3) is 0 Å². The molecule has 1 unspecified atom stereocenters. The van der Waals surface area contributed by atoms with Gasteiger partial charge in [-0.05, 0) is 30.5 Å². The number of methoxy groups -OCH3 is 1. The highest BCUT2D eigenvalue weighted by atomic mass is 16.5. The van der Waals surface area contributed by atoms with Gasteiger partial charge in [-0.2, -0.15) is 5.26 Å². The molecular weight excluding hydrogens is 174 g/mol. The number of ether oxygens (including phenoxy) is 1.